The van der Waals surface area contributed by atoms with Gasteiger partial charge in [-0.15, -0.1) is 0 Å². The number of halogens is 1. The van der Waals surface area contributed by atoms with Crippen LogP contribution >= 0.6 is 11.6 Å². The van der Waals surface area contributed by atoms with Crippen molar-refractivity contribution in [3.8, 4) is 0 Å². The summed E-state index contributed by atoms with van der Waals surface area (Å²) in [6.45, 7) is 1.37. The number of amides is 1. The van der Waals surface area contributed by atoms with E-state index in [1.165, 1.54) is 12.3 Å². The van der Waals surface area contributed by atoms with Crippen LogP contribution in [0.1, 0.15) is 23.2 Å². The lowest BCUT2D eigenvalue weighted by molar-refractivity contribution is -0.0209. The van der Waals surface area contributed by atoms with Gasteiger partial charge in [-0.2, -0.15) is 0 Å². The van der Waals surface area contributed by atoms with E-state index in [4.69, 9.17) is 16.3 Å². The average Bonchev–Trinajstić information content (AvgIpc) is 2.97. The number of hydrogen-bond donors (Lipinski definition) is 1. The molecule has 2 fully saturated rings. The minimum absolute atomic E-state index is 0.119. The first kappa shape index (κ1) is 17.5. The van der Waals surface area contributed by atoms with E-state index in [-0.39, 0.29) is 23.1 Å². The highest BCUT2D eigenvalue weighted by atomic mass is 35.5. The molecule has 1 amide bonds. The molecule has 1 N–H and O–H groups in total. The van der Waals surface area contributed by atoms with Crippen molar-refractivity contribution in [1.29, 1.82) is 0 Å². The molecule has 1 saturated heterocycles. The molecule has 24 heavy (non-hydrogen) atoms. The van der Waals surface area contributed by atoms with Crippen LogP contribution in [0.4, 0.5) is 0 Å². The SMILES string of the molecule is CO[C@@H]1C[C@H]2CN(C(=O)c3cc(Cl)c[nH]c3=O)C[C@H]2C[C@H]1N(C)C. The van der Waals surface area contributed by atoms with Gasteiger partial charge in [0.15, 0.2) is 0 Å². The van der Waals surface area contributed by atoms with Crippen LogP contribution < -0.4 is 5.56 Å². The molecule has 0 bridgehead atoms. The van der Waals surface area contributed by atoms with Gasteiger partial charge in [-0.25, -0.2) is 0 Å². The Hall–Kier alpha value is -1.37. The Labute approximate surface area is 146 Å². The van der Waals surface area contributed by atoms with E-state index in [1.54, 1.807) is 12.0 Å². The third-order valence-electron chi connectivity index (χ3n) is 5.44. The molecule has 132 valence electrons. The van der Waals surface area contributed by atoms with Crippen LogP contribution in [0.5, 0.6) is 0 Å². The zero-order valence-electron chi connectivity index (χ0n) is 14.3. The smallest absolute Gasteiger partial charge is 0.260 e. The standard InChI is InChI=1S/C17H24ClN3O3/c1-20(2)14-4-10-8-21(9-11(10)5-15(14)24-3)17(23)13-6-12(18)7-19-16(13)22/h6-7,10-11,14-15H,4-5,8-9H2,1-3H3,(H,19,22)/t10-,11+,14-,15-/m1/s1. The van der Waals surface area contributed by atoms with Gasteiger partial charge in [0.1, 0.15) is 5.56 Å². The number of methoxy groups -OCH3 is 1. The zero-order valence-corrected chi connectivity index (χ0v) is 15.0. The first-order valence-electron chi connectivity index (χ1n) is 8.27. The summed E-state index contributed by atoms with van der Waals surface area (Å²) in [5, 5.41) is 0.363. The van der Waals surface area contributed by atoms with Crippen molar-refractivity contribution in [3.05, 3.63) is 33.2 Å². The van der Waals surface area contributed by atoms with Crippen molar-refractivity contribution in [3.63, 3.8) is 0 Å². The Kier molecular flexibility index (Phi) is 4.99. The maximum atomic E-state index is 12.7. The third-order valence-corrected chi connectivity index (χ3v) is 5.65. The second kappa shape index (κ2) is 6.86. The van der Waals surface area contributed by atoms with Gasteiger partial charge in [0.2, 0.25) is 0 Å². The van der Waals surface area contributed by atoms with Crippen molar-refractivity contribution < 1.29 is 9.53 Å². The van der Waals surface area contributed by atoms with E-state index >= 15 is 0 Å². The van der Waals surface area contributed by atoms with Crippen LogP contribution in [0.3, 0.4) is 0 Å². The summed E-state index contributed by atoms with van der Waals surface area (Å²) in [6.07, 6.45) is 3.53. The molecular weight excluding hydrogens is 330 g/mol. The number of likely N-dealkylation sites (tertiary alicyclic amines) is 1. The molecule has 1 saturated carbocycles. The Bertz CT molecular complexity index is 675. The minimum atomic E-state index is -0.389. The highest BCUT2D eigenvalue weighted by molar-refractivity contribution is 6.30. The number of aromatic amines is 1. The number of rotatable bonds is 3. The molecule has 0 radical (unpaired) electrons. The number of pyridine rings is 1. The molecular formula is C17H24ClN3O3. The van der Waals surface area contributed by atoms with E-state index in [9.17, 15) is 9.59 Å². The second-order valence-electron chi connectivity index (χ2n) is 7.07. The molecule has 1 aromatic heterocycles. The van der Waals surface area contributed by atoms with E-state index in [1.807, 2.05) is 0 Å². The van der Waals surface area contributed by atoms with E-state index in [2.05, 4.69) is 24.0 Å². The predicted molar refractivity (Wildman–Crippen MR) is 92.5 cm³/mol. The fraction of sp³-hybridized carbons (Fsp3) is 0.647. The second-order valence-corrected chi connectivity index (χ2v) is 7.50. The monoisotopic (exact) mass is 353 g/mol. The fourth-order valence-corrected chi connectivity index (χ4v) is 4.30. The molecule has 0 unspecified atom stereocenters. The summed E-state index contributed by atoms with van der Waals surface area (Å²) in [4.78, 5) is 31.2. The van der Waals surface area contributed by atoms with Crippen molar-refractivity contribution in [2.24, 2.45) is 11.8 Å². The summed E-state index contributed by atoms with van der Waals surface area (Å²) < 4.78 is 5.67. The van der Waals surface area contributed by atoms with Crippen LogP contribution in [-0.4, -0.2) is 67.1 Å². The number of ether oxygens (including phenoxy) is 1. The number of fused-ring (bicyclic) bond motifs is 1. The molecule has 1 aliphatic heterocycles. The zero-order chi connectivity index (χ0) is 17.4. The van der Waals surface area contributed by atoms with Gasteiger partial charge in [-0.05, 0) is 44.8 Å². The summed E-state index contributed by atoms with van der Waals surface area (Å²) in [7, 11) is 5.89. The Morgan fingerprint density at radius 2 is 2.00 bits per heavy atom. The number of nitrogens with one attached hydrogen (secondary N) is 1. The minimum Gasteiger partial charge on any atom is -0.380 e. The molecule has 0 spiro atoms. The summed E-state index contributed by atoms with van der Waals surface area (Å²) >= 11 is 5.92. The first-order valence-corrected chi connectivity index (χ1v) is 8.65. The molecule has 7 heteroatoms. The number of likely N-dealkylation sites (N-methyl/N-ethyl adjacent to an activating group) is 1. The van der Waals surface area contributed by atoms with Gasteiger partial charge >= 0.3 is 0 Å². The van der Waals surface area contributed by atoms with Crippen LogP contribution in [0, 0.1) is 11.8 Å². The van der Waals surface area contributed by atoms with Crippen LogP contribution in [-0.2, 0) is 4.74 Å². The van der Waals surface area contributed by atoms with Crippen LogP contribution in [0.25, 0.3) is 0 Å². The summed E-state index contributed by atoms with van der Waals surface area (Å²) in [5.74, 6) is 0.642. The lowest BCUT2D eigenvalue weighted by atomic mass is 9.77. The van der Waals surface area contributed by atoms with Crippen molar-refractivity contribution in [1.82, 2.24) is 14.8 Å². The molecule has 1 aliphatic carbocycles. The van der Waals surface area contributed by atoms with Gasteiger partial charge in [0.25, 0.3) is 11.5 Å². The number of hydrogen-bond acceptors (Lipinski definition) is 4. The molecule has 2 heterocycles. The van der Waals surface area contributed by atoms with E-state index < -0.39 is 0 Å². The average molecular weight is 354 g/mol. The normalized spacial score (nSPS) is 29.8. The Balaban J connectivity index is 1.76. The van der Waals surface area contributed by atoms with Gasteiger partial charge in [-0.3, -0.25) is 9.59 Å². The number of carbonyl (C=O) groups is 1. The highest BCUT2D eigenvalue weighted by Gasteiger charge is 2.44. The van der Waals surface area contributed by atoms with Gasteiger partial charge in [0, 0.05) is 32.4 Å². The number of aromatic nitrogens is 1. The van der Waals surface area contributed by atoms with E-state index in [0.29, 0.717) is 36.0 Å². The van der Waals surface area contributed by atoms with Crippen molar-refractivity contribution >= 4 is 17.5 Å². The maximum absolute atomic E-state index is 12.7. The number of nitrogens with zero attached hydrogens (tertiary/aromatic N) is 2. The largest absolute Gasteiger partial charge is 0.380 e. The Morgan fingerprint density at radius 1 is 1.33 bits per heavy atom. The third kappa shape index (κ3) is 3.23. The Morgan fingerprint density at radius 3 is 2.62 bits per heavy atom. The summed E-state index contributed by atoms with van der Waals surface area (Å²) in [6, 6.07) is 1.81. The van der Waals surface area contributed by atoms with Crippen molar-refractivity contribution in [2.75, 3.05) is 34.3 Å². The van der Waals surface area contributed by atoms with Crippen LogP contribution in [0.2, 0.25) is 5.02 Å². The first-order chi connectivity index (χ1) is 11.4. The van der Waals surface area contributed by atoms with Gasteiger partial charge in [-0.1, -0.05) is 11.6 Å². The molecule has 0 aromatic carbocycles. The lowest BCUT2D eigenvalue weighted by Crippen LogP contribution is -2.47. The molecule has 3 rings (SSSR count). The molecule has 4 atom stereocenters. The predicted octanol–water partition coefficient (Wildman–Crippen LogP) is 1.46. The topological polar surface area (TPSA) is 65.6 Å². The lowest BCUT2D eigenvalue weighted by Gasteiger charge is -2.40. The number of H-pyrrole nitrogens is 1. The number of carbonyl (C=O) groups excluding carboxylic acids is 1. The summed E-state index contributed by atoms with van der Waals surface area (Å²) in [5.41, 5.74) is -0.270. The van der Waals surface area contributed by atoms with Crippen LogP contribution in [0.15, 0.2) is 17.1 Å². The molecule has 6 nitrogen and oxygen atoms in total. The quantitative estimate of drug-likeness (QED) is 0.893. The van der Waals surface area contributed by atoms with Gasteiger partial charge < -0.3 is 19.5 Å². The molecule has 2 aliphatic rings. The molecule has 1 aromatic rings. The fourth-order valence-electron chi connectivity index (χ4n) is 4.14. The van der Waals surface area contributed by atoms with Gasteiger partial charge in [0.05, 0.1) is 11.1 Å². The maximum Gasteiger partial charge on any atom is 0.260 e. The van der Waals surface area contributed by atoms with E-state index in [0.717, 1.165) is 12.8 Å². The van der Waals surface area contributed by atoms with Crippen molar-refractivity contribution in [2.45, 2.75) is 25.0 Å². The highest BCUT2D eigenvalue weighted by Crippen LogP contribution is 2.39.